The van der Waals surface area contributed by atoms with E-state index in [-0.39, 0.29) is 6.42 Å². The van der Waals surface area contributed by atoms with Crippen molar-refractivity contribution in [3.05, 3.63) is 88.5 Å². The smallest absolute Gasteiger partial charge is 0.352 e. The third-order valence-electron chi connectivity index (χ3n) is 3.89. The van der Waals surface area contributed by atoms with Crippen LogP contribution in [-0.2, 0) is 11.2 Å². The van der Waals surface area contributed by atoms with Crippen LogP contribution >= 0.6 is 0 Å². The number of hydrogen-bond donors (Lipinski definition) is 2. The van der Waals surface area contributed by atoms with Crippen molar-refractivity contribution < 1.29 is 15.0 Å². The molecule has 3 rings (SSSR count). The van der Waals surface area contributed by atoms with Gasteiger partial charge in [0.15, 0.2) is 0 Å². The average Bonchev–Trinajstić information content (AvgIpc) is 2.93. The Morgan fingerprint density at radius 3 is 2.31 bits per heavy atom. The molecule has 0 spiro atoms. The molecule has 0 fully saturated rings. The minimum atomic E-state index is -1.24. The van der Waals surface area contributed by atoms with Crippen LogP contribution in [0.25, 0.3) is 0 Å². The van der Waals surface area contributed by atoms with Crippen molar-refractivity contribution in [3.63, 3.8) is 0 Å². The number of imidazole rings is 1. The molecule has 0 amide bonds. The van der Waals surface area contributed by atoms with Crippen molar-refractivity contribution in [1.82, 2.24) is 9.24 Å². The third kappa shape index (κ3) is 3.72. The zero-order valence-corrected chi connectivity index (χ0v) is 13.8. The molecular weight excluding hydrogens is 334 g/mol. The van der Waals surface area contributed by atoms with Crippen LogP contribution in [0, 0.1) is 0 Å². The molecule has 26 heavy (non-hydrogen) atoms. The van der Waals surface area contributed by atoms with E-state index in [9.17, 15) is 19.8 Å². The van der Waals surface area contributed by atoms with Gasteiger partial charge in [-0.05, 0) is 11.1 Å². The number of aromatic hydroxyl groups is 1. The topological polar surface area (TPSA) is 96.8 Å². The summed E-state index contributed by atoms with van der Waals surface area (Å²) in [5, 5.41) is 23.7. The maximum atomic E-state index is 12.5. The van der Waals surface area contributed by atoms with Crippen LogP contribution in [0.4, 0.5) is 0 Å². The lowest BCUT2D eigenvalue weighted by Crippen LogP contribution is -2.31. The Labute approximate surface area is 149 Å². The van der Waals surface area contributed by atoms with E-state index < -0.39 is 23.6 Å². The van der Waals surface area contributed by atoms with E-state index in [1.807, 2.05) is 24.3 Å². The summed E-state index contributed by atoms with van der Waals surface area (Å²) in [4.78, 5) is 24.2. The summed E-state index contributed by atoms with van der Waals surface area (Å²) in [5.74, 6) is -1.67. The van der Waals surface area contributed by atoms with Gasteiger partial charge >= 0.3 is 11.7 Å². The number of carboxylic acids is 1. The Morgan fingerprint density at radius 1 is 1.08 bits per heavy atom. The molecule has 2 aromatic carbocycles. The molecule has 0 saturated carbocycles. The van der Waals surface area contributed by atoms with Gasteiger partial charge in [-0.1, -0.05) is 60.7 Å². The second-order valence-electron chi connectivity index (χ2n) is 5.68. The molecule has 3 aromatic rings. The van der Waals surface area contributed by atoms with Gasteiger partial charge in [-0.2, -0.15) is 9.78 Å². The lowest BCUT2D eigenvalue weighted by atomic mass is 10.1. The molecule has 7 nitrogen and oxygen atoms in total. The highest BCUT2D eigenvalue weighted by molar-refractivity contribution is 5.79. The molecular formula is C19H17N3O4. The minimum Gasteiger partial charge on any atom is -0.493 e. The number of carboxylic acid groups (broad SMARTS) is 1. The number of aliphatic carboxylic acids is 1. The Balaban J connectivity index is 1.94. The molecule has 1 aromatic heterocycles. The van der Waals surface area contributed by atoms with Crippen molar-refractivity contribution in [3.8, 4) is 5.88 Å². The molecule has 7 heteroatoms. The van der Waals surface area contributed by atoms with Crippen LogP contribution in [0.5, 0.6) is 5.88 Å². The van der Waals surface area contributed by atoms with E-state index in [4.69, 9.17) is 0 Å². The van der Waals surface area contributed by atoms with Gasteiger partial charge in [0.2, 0.25) is 5.88 Å². The second-order valence-corrected chi connectivity index (χ2v) is 5.68. The molecule has 0 aliphatic rings. The minimum absolute atomic E-state index is 0.0655. The molecule has 0 aliphatic carbocycles. The standard InChI is InChI=1S/C19H17N3O4/c23-17-13-21(20-12-15-9-5-2-6-10-15)19(26)22(17)16(18(24)25)11-14-7-3-1-4-8-14/h1-10,12-13,16,23H,11H2,(H,24,25). The normalized spacial score (nSPS) is 12.3. The number of hydrogen-bond acceptors (Lipinski definition) is 4. The molecule has 0 bridgehead atoms. The van der Waals surface area contributed by atoms with Crippen LogP contribution in [0.2, 0.25) is 0 Å². The lowest BCUT2D eigenvalue weighted by Gasteiger charge is -2.13. The molecule has 1 heterocycles. The molecule has 0 saturated heterocycles. The number of rotatable bonds is 6. The Morgan fingerprint density at radius 2 is 1.69 bits per heavy atom. The highest BCUT2D eigenvalue weighted by Crippen LogP contribution is 2.19. The zero-order valence-electron chi connectivity index (χ0n) is 13.8. The summed E-state index contributed by atoms with van der Waals surface area (Å²) < 4.78 is 1.75. The Kier molecular flexibility index (Phi) is 4.98. The monoisotopic (exact) mass is 351 g/mol. The van der Waals surface area contributed by atoms with Crippen LogP contribution < -0.4 is 5.69 Å². The summed E-state index contributed by atoms with van der Waals surface area (Å²) in [6.45, 7) is 0. The van der Waals surface area contributed by atoms with E-state index in [0.717, 1.165) is 26.6 Å². The fourth-order valence-corrected chi connectivity index (χ4v) is 2.61. The maximum Gasteiger partial charge on any atom is 0.352 e. The third-order valence-corrected chi connectivity index (χ3v) is 3.89. The van der Waals surface area contributed by atoms with Crippen LogP contribution in [-0.4, -0.2) is 31.6 Å². The van der Waals surface area contributed by atoms with Gasteiger partial charge in [-0.3, -0.25) is 0 Å². The Bertz CT molecular complexity index is 975. The number of aromatic nitrogens is 2. The van der Waals surface area contributed by atoms with Gasteiger partial charge in [0.05, 0.1) is 12.4 Å². The maximum absolute atomic E-state index is 12.5. The van der Waals surface area contributed by atoms with E-state index in [2.05, 4.69) is 5.10 Å². The van der Waals surface area contributed by atoms with Gasteiger partial charge < -0.3 is 10.2 Å². The first-order valence-electron chi connectivity index (χ1n) is 7.95. The van der Waals surface area contributed by atoms with Crippen molar-refractivity contribution in [2.75, 3.05) is 0 Å². The first kappa shape index (κ1) is 17.2. The SMILES string of the molecule is O=C(O)C(Cc1ccccc1)n1c(O)cn(N=Cc2ccccc2)c1=O. The van der Waals surface area contributed by atoms with Crippen LogP contribution in [0.3, 0.4) is 0 Å². The lowest BCUT2D eigenvalue weighted by molar-refractivity contribution is -0.141. The molecule has 2 N–H and O–H groups in total. The second kappa shape index (κ2) is 7.52. The molecule has 1 atom stereocenters. The van der Waals surface area contributed by atoms with Gasteiger partial charge in [-0.15, -0.1) is 0 Å². The van der Waals surface area contributed by atoms with E-state index in [1.165, 1.54) is 6.21 Å². The van der Waals surface area contributed by atoms with Crippen molar-refractivity contribution >= 4 is 12.2 Å². The van der Waals surface area contributed by atoms with Gasteiger partial charge in [0.25, 0.3) is 0 Å². The Hall–Kier alpha value is -3.61. The summed E-state index contributed by atoms with van der Waals surface area (Å²) in [7, 11) is 0. The quantitative estimate of drug-likeness (QED) is 0.665. The van der Waals surface area contributed by atoms with Crippen molar-refractivity contribution in [2.24, 2.45) is 5.10 Å². The molecule has 0 radical (unpaired) electrons. The summed E-state index contributed by atoms with van der Waals surface area (Å²) in [5.41, 5.74) is 0.787. The fourth-order valence-electron chi connectivity index (χ4n) is 2.61. The van der Waals surface area contributed by atoms with Crippen LogP contribution in [0.1, 0.15) is 17.2 Å². The summed E-state index contributed by atoms with van der Waals surface area (Å²) in [6, 6.07) is 16.8. The van der Waals surface area contributed by atoms with Crippen molar-refractivity contribution in [2.45, 2.75) is 12.5 Å². The predicted molar refractivity (Wildman–Crippen MR) is 96.6 cm³/mol. The van der Waals surface area contributed by atoms with Gasteiger partial charge in [-0.25, -0.2) is 14.2 Å². The zero-order chi connectivity index (χ0) is 18.5. The molecule has 1 unspecified atom stereocenters. The van der Waals surface area contributed by atoms with E-state index in [0.29, 0.717) is 0 Å². The predicted octanol–water partition coefficient (Wildman–Crippen LogP) is 2.11. The summed E-state index contributed by atoms with van der Waals surface area (Å²) in [6.07, 6.45) is 2.62. The fraction of sp³-hybridized carbons (Fsp3) is 0.105. The highest BCUT2D eigenvalue weighted by Gasteiger charge is 2.26. The van der Waals surface area contributed by atoms with Gasteiger partial charge in [0.1, 0.15) is 6.04 Å². The van der Waals surface area contributed by atoms with E-state index >= 15 is 0 Å². The van der Waals surface area contributed by atoms with Crippen LogP contribution in [0.15, 0.2) is 76.8 Å². The largest absolute Gasteiger partial charge is 0.493 e. The number of benzene rings is 2. The number of nitrogens with zero attached hydrogens (tertiary/aromatic N) is 3. The molecule has 132 valence electrons. The van der Waals surface area contributed by atoms with Crippen molar-refractivity contribution in [1.29, 1.82) is 0 Å². The first-order valence-corrected chi connectivity index (χ1v) is 7.95. The highest BCUT2D eigenvalue weighted by atomic mass is 16.4. The van der Waals surface area contributed by atoms with Gasteiger partial charge in [0, 0.05) is 6.42 Å². The first-order chi connectivity index (χ1) is 12.6. The molecule has 0 aliphatic heterocycles. The number of carbonyl (C=O) groups is 1. The summed E-state index contributed by atoms with van der Waals surface area (Å²) >= 11 is 0. The van der Waals surface area contributed by atoms with E-state index in [1.54, 1.807) is 36.4 Å². The average molecular weight is 351 g/mol.